The Kier molecular flexibility index (Phi) is 2.08. The smallest absolute Gasteiger partial charge is 0.141 e. The van der Waals surface area contributed by atoms with Crippen molar-refractivity contribution in [3.63, 3.8) is 0 Å². The minimum atomic E-state index is 0.935. The highest BCUT2D eigenvalue weighted by Crippen LogP contribution is 2.14. The lowest BCUT2D eigenvalue weighted by Crippen LogP contribution is -1.95. The highest BCUT2D eigenvalue weighted by molar-refractivity contribution is 5.53. The van der Waals surface area contributed by atoms with Gasteiger partial charge in [-0.3, -0.25) is 4.98 Å². The molecule has 2 heterocycles. The van der Waals surface area contributed by atoms with Crippen molar-refractivity contribution in [1.29, 1.82) is 0 Å². The van der Waals surface area contributed by atoms with Crippen LogP contribution >= 0.6 is 0 Å². The number of imidazole rings is 1. The second-order valence-electron chi connectivity index (χ2n) is 2.78. The van der Waals surface area contributed by atoms with Crippen LogP contribution in [0.25, 0.3) is 11.4 Å². The fourth-order valence-electron chi connectivity index (χ4n) is 1.32. The molecule has 2 aromatic rings. The van der Waals surface area contributed by atoms with Crippen LogP contribution in [0.4, 0.5) is 0 Å². The van der Waals surface area contributed by atoms with E-state index in [1.807, 2.05) is 30.7 Å². The number of aromatic nitrogens is 3. The van der Waals surface area contributed by atoms with Crippen molar-refractivity contribution in [2.45, 2.75) is 13.5 Å². The second-order valence-corrected chi connectivity index (χ2v) is 2.78. The zero-order valence-electron chi connectivity index (χ0n) is 7.51. The predicted octanol–water partition coefficient (Wildman–Crippen LogP) is 1.96. The first-order valence-electron chi connectivity index (χ1n) is 4.33. The van der Waals surface area contributed by atoms with Gasteiger partial charge < -0.3 is 4.57 Å². The lowest BCUT2D eigenvalue weighted by atomic mass is 10.3. The van der Waals surface area contributed by atoms with Gasteiger partial charge in [-0.15, -0.1) is 0 Å². The SMILES string of the molecule is CCn1ccnc1-c1cccnc1. The molecule has 0 aliphatic rings. The standard InChI is InChI=1S/C10H11N3/c1-2-13-7-6-12-10(13)9-4-3-5-11-8-9/h3-8H,2H2,1H3. The number of aryl methyl sites for hydroxylation is 1. The van der Waals surface area contributed by atoms with Gasteiger partial charge in [0.2, 0.25) is 0 Å². The average molecular weight is 173 g/mol. The number of nitrogens with zero attached hydrogens (tertiary/aromatic N) is 3. The van der Waals surface area contributed by atoms with Gasteiger partial charge in [0.05, 0.1) is 0 Å². The zero-order chi connectivity index (χ0) is 9.10. The molecule has 0 saturated heterocycles. The van der Waals surface area contributed by atoms with Crippen molar-refractivity contribution in [3.05, 3.63) is 36.9 Å². The summed E-state index contributed by atoms with van der Waals surface area (Å²) in [6, 6.07) is 3.94. The van der Waals surface area contributed by atoms with Crippen molar-refractivity contribution in [1.82, 2.24) is 14.5 Å². The largest absolute Gasteiger partial charge is 0.331 e. The maximum Gasteiger partial charge on any atom is 0.141 e. The molecule has 0 aromatic carbocycles. The molecule has 0 atom stereocenters. The Bertz CT molecular complexity index is 378. The lowest BCUT2D eigenvalue weighted by molar-refractivity contribution is 0.770. The summed E-state index contributed by atoms with van der Waals surface area (Å²) in [4.78, 5) is 8.34. The summed E-state index contributed by atoms with van der Waals surface area (Å²) in [5.74, 6) is 0.982. The van der Waals surface area contributed by atoms with Crippen molar-refractivity contribution in [2.75, 3.05) is 0 Å². The number of hydrogen-bond donors (Lipinski definition) is 0. The Balaban J connectivity index is 2.47. The molecule has 0 amide bonds. The van der Waals surface area contributed by atoms with Gasteiger partial charge in [-0.05, 0) is 19.1 Å². The first kappa shape index (κ1) is 7.98. The van der Waals surface area contributed by atoms with Gasteiger partial charge in [-0.2, -0.15) is 0 Å². The Morgan fingerprint density at radius 1 is 1.38 bits per heavy atom. The van der Waals surface area contributed by atoms with E-state index in [9.17, 15) is 0 Å². The summed E-state index contributed by atoms with van der Waals surface area (Å²) in [5.41, 5.74) is 1.06. The van der Waals surface area contributed by atoms with Crippen LogP contribution in [-0.2, 0) is 6.54 Å². The van der Waals surface area contributed by atoms with E-state index in [-0.39, 0.29) is 0 Å². The molecule has 0 spiro atoms. The summed E-state index contributed by atoms with van der Waals surface area (Å²) in [7, 11) is 0. The number of pyridine rings is 1. The third kappa shape index (κ3) is 1.45. The van der Waals surface area contributed by atoms with Crippen LogP contribution in [0.2, 0.25) is 0 Å². The molecular weight excluding hydrogens is 162 g/mol. The summed E-state index contributed by atoms with van der Waals surface area (Å²) < 4.78 is 2.09. The molecule has 3 nitrogen and oxygen atoms in total. The molecule has 66 valence electrons. The van der Waals surface area contributed by atoms with E-state index in [0.29, 0.717) is 0 Å². The van der Waals surface area contributed by atoms with Crippen LogP contribution < -0.4 is 0 Å². The van der Waals surface area contributed by atoms with Crippen LogP contribution in [-0.4, -0.2) is 14.5 Å². The summed E-state index contributed by atoms with van der Waals surface area (Å²) >= 11 is 0. The molecule has 0 aliphatic heterocycles. The van der Waals surface area contributed by atoms with Crippen molar-refractivity contribution >= 4 is 0 Å². The van der Waals surface area contributed by atoms with Crippen LogP contribution in [0.1, 0.15) is 6.92 Å². The van der Waals surface area contributed by atoms with E-state index < -0.39 is 0 Å². The van der Waals surface area contributed by atoms with Crippen molar-refractivity contribution in [3.8, 4) is 11.4 Å². The van der Waals surface area contributed by atoms with E-state index >= 15 is 0 Å². The molecule has 0 aliphatic carbocycles. The summed E-state index contributed by atoms with van der Waals surface area (Å²) in [6.45, 7) is 3.03. The molecule has 0 bridgehead atoms. The first-order chi connectivity index (χ1) is 6.42. The third-order valence-corrected chi connectivity index (χ3v) is 1.98. The van der Waals surface area contributed by atoms with Gasteiger partial charge in [-0.1, -0.05) is 0 Å². The van der Waals surface area contributed by atoms with Crippen molar-refractivity contribution in [2.24, 2.45) is 0 Å². The van der Waals surface area contributed by atoms with E-state index in [1.165, 1.54) is 0 Å². The van der Waals surface area contributed by atoms with E-state index in [2.05, 4.69) is 21.5 Å². The van der Waals surface area contributed by atoms with E-state index in [0.717, 1.165) is 17.9 Å². The molecule has 3 heteroatoms. The van der Waals surface area contributed by atoms with Gasteiger partial charge in [0.1, 0.15) is 5.82 Å². The summed E-state index contributed by atoms with van der Waals surface area (Å²) in [6.07, 6.45) is 7.38. The Labute approximate surface area is 77.1 Å². The first-order valence-corrected chi connectivity index (χ1v) is 4.33. The maximum absolute atomic E-state index is 4.28. The zero-order valence-corrected chi connectivity index (χ0v) is 7.51. The Morgan fingerprint density at radius 2 is 2.31 bits per heavy atom. The average Bonchev–Trinajstić information content (AvgIpc) is 2.67. The normalized spacial score (nSPS) is 10.2. The number of rotatable bonds is 2. The van der Waals surface area contributed by atoms with Crippen LogP contribution in [0, 0.1) is 0 Å². The molecule has 0 fully saturated rings. The van der Waals surface area contributed by atoms with E-state index in [1.54, 1.807) is 6.20 Å². The topological polar surface area (TPSA) is 30.7 Å². The molecule has 2 rings (SSSR count). The Hall–Kier alpha value is -1.64. The van der Waals surface area contributed by atoms with E-state index in [4.69, 9.17) is 0 Å². The molecule has 0 radical (unpaired) electrons. The fourth-order valence-corrected chi connectivity index (χ4v) is 1.32. The molecular formula is C10H11N3. The lowest BCUT2D eigenvalue weighted by Gasteiger charge is -2.02. The minimum absolute atomic E-state index is 0.935. The molecule has 2 aromatic heterocycles. The second kappa shape index (κ2) is 3.39. The summed E-state index contributed by atoms with van der Waals surface area (Å²) in [5, 5.41) is 0. The monoisotopic (exact) mass is 173 g/mol. The molecule has 0 saturated carbocycles. The van der Waals surface area contributed by atoms with Crippen LogP contribution in [0.3, 0.4) is 0 Å². The molecule has 0 unspecified atom stereocenters. The minimum Gasteiger partial charge on any atom is -0.331 e. The molecule has 13 heavy (non-hydrogen) atoms. The van der Waals surface area contributed by atoms with Crippen LogP contribution in [0.15, 0.2) is 36.9 Å². The van der Waals surface area contributed by atoms with Gasteiger partial charge in [0, 0.05) is 36.9 Å². The Morgan fingerprint density at radius 3 is 3.00 bits per heavy atom. The highest BCUT2D eigenvalue weighted by atomic mass is 15.1. The van der Waals surface area contributed by atoms with Gasteiger partial charge in [0.15, 0.2) is 0 Å². The quantitative estimate of drug-likeness (QED) is 0.695. The van der Waals surface area contributed by atoms with Gasteiger partial charge in [0.25, 0.3) is 0 Å². The fraction of sp³-hybridized carbons (Fsp3) is 0.200. The van der Waals surface area contributed by atoms with Gasteiger partial charge in [-0.25, -0.2) is 4.98 Å². The van der Waals surface area contributed by atoms with Crippen molar-refractivity contribution < 1.29 is 0 Å². The predicted molar refractivity (Wildman–Crippen MR) is 51.1 cm³/mol. The maximum atomic E-state index is 4.28. The van der Waals surface area contributed by atoms with Crippen LogP contribution in [0.5, 0.6) is 0 Å². The third-order valence-electron chi connectivity index (χ3n) is 1.98. The van der Waals surface area contributed by atoms with Gasteiger partial charge >= 0.3 is 0 Å². The molecule has 0 N–H and O–H groups in total. The number of hydrogen-bond acceptors (Lipinski definition) is 2. The highest BCUT2D eigenvalue weighted by Gasteiger charge is 2.02.